The first-order valence-corrected chi connectivity index (χ1v) is 5.38. The van der Waals surface area contributed by atoms with E-state index < -0.39 is 0 Å². The van der Waals surface area contributed by atoms with E-state index >= 15 is 0 Å². The van der Waals surface area contributed by atoms with Gasteiger partial charge in [-0.25, -0.2) is 0 Å². The van der Waals surface area contributed by atoms with Crippen LogP contribution in [-0.2, 0) is 4.74 Å². The van der Waals surface area contributed by atoms with E-state index in [-0.39, 0.29) is 6.10 Å². The molecule has 0 aromatic carbocycles. The second kappa shape index (κ2) is 5.03. The maximum Gasteiger partial charge on any atom is 0.115 e. The number of anilines is 1. The van der Waals surface area contributed by atoms with Crippen LogP contribution in [0.25, 0.3) is 0 Å². The number of nitrogens with one attached hydrogen (secondary N) is 1. The number of ether oxygens (including phenoxy) is 1. The molecule has 1 aliphatic rings. The van der Waals surface area contributed by atoms with Crippen molar-refractivity contribution in [2.75, 3.05) is 11.9 Å². The van der Waals surface area contributed by atoms with Gasteiger partial charge in [-0.15, -0.1) is 0 Å². The van der Waals surface area contributed by atoms with Crippen LogP contribution >= 0.6 is 11.6 Å². The van der Waals surface area contributed by atoms with Gasteiger partial charge in [-0.05, 0) is 25.0 Å². The molecule has 2 rings (SSSR count). The van der Waals surface area contributed by atoms with Crippen LogP contribution in [0.15, 0.2) is 30.8 Å². The number of allylic oxidation sites excluding steroid dienone is 1. The van der Waals surface area contributed by atoms with Gasteiger partial charge in [-0.3, -0.25) is 4.98 Å². The monoisotopic (exact) mass is 224 g/mol. The predicted molar refractivity (Wildman–Crippen MR) is 61.0 cm³/mol. The standard InChI is InChI=1S/C11H13ClN2O/c12-10-4-5-13-8-11(10)14-7-9-3-1-2-6-15-9/h2,4-6,8-9,14H,1,3,7H2. The molecule has 2 heterocycles. The summed E-state index contributed by atoms with van der Waals surface area (Å²) in [5, 5.41) is 3.92. The molecule has 1 unspecified atom stereocenters. The second-order valence-electron chi connectivity index (χ2n) is 3.44. The lowest BCUT2D eigenvalue weighted by Crippen LogP contribution is -2.23. The van der Waals surface area contributed by atoms with E-state index in [4.69, 9.17) is 16.3 Å². The van der Waals surface area contributed by atoms with Gasteiger partial charge in [-0.1, -0.05) is 11.6 Å². The molecule has 1 aromatic heterocycles. The highest BCUT2D eigenvalue weighted by atomic mass is 35.5. The van der Waals surface area contributed by atoms with E-state index in [0.29, 0.717) is 5.02 Å². The van der Waals surface area contributed by atoms with Gasteiger partial charge in [0.05, 0.1) is 29.7 Å². The molecule has 1 N–H and O–H groups in total. The Morgan fingerprint density at radius 2 is 2.53 bits per heavy atom. The van der Waals surface area contributed by atoms with Crippen LogP contribution in [0.3, 0.4) is 0 Å². The van der Waals surface area contributed by atoms with Crippen molar-refractivity contribution in [3.63, 3.8) is 0 Å². The van der Waals surface area contributed by atoms with Crippen molar-refractivity contribution in [3.05, 3.63) is 35.8 Å². The van der Waals surface area contributed by atoms with Gasteiger partial charge >= 0.3 is 0 Å². The van der Waals surface area contributed by atoms with Crippen LogP contribution in [0.1, 0.15) is 12.8 Å². The summed E-state index contributed by atoms with van der Waals surface area (Å²) < 4.78 is 5.43. The van der Waals surface area contributed by atoms with E-state index in [2.05, 4.69) is 10.3 Å². The largest absolute Gasteiger partial charge is 0.497 e. The molecular formula is C11H13ClN2O. The summed E-state index contributed by atoms with van der Waals surface area (Å²) in [6, 6.07) is 1.77. The van der Waals surface area contributed by atoms with Crippen molar-refractivity contribution < 1.29 is 4.74 Å². The number of halogens is 1. The summed E-state index contributed by atoms with van der Waals surface area (Å²) >= 11 is 5.98. The highest BCUT2D eigenvalue weighted by Gasteiger charge is 2.10. The Balaban J connectivity index is 1.87. The Bertz CT molecular complexity index is 354. The zero-order valence-electron chi connectivity index (χ0n) is 8.32. The SMILES string of the molecule is Clc1ccncc1NCC1CCC=CO1. The maximum absolute atomic E-state index is 5.98. The Kier molecular flexibility index (Phi) is 3.45. The minimum absolute atomic E-state index is 0.228. The highest BCUT2D eigenvalue weighted by molar-refractivity contribution is 6.33. The highest BCUT2D eigenvalue weighted by Crippen LogP contribution is 2.20. The Labute approximate surface area is 94.1 Å². The molecule has 0 radical (unpaired) electrons. The van der Waals surface area contributed by atoms with Gasteiger partial charge in [0, 0.05) is 6.20 Å². The fraction of sp³-hybridized carbons (Fsp3) is 0.364. The Hall–Kier alpha value is -1.22. The lowest BCUT2D eigenvalue weighted by Gasteiger charge is -2.20. The van der Waals surface area contributed by atoms with Crippen LogP contribution in [0.4, 0.5) is 5.69 Å². The number of hydrogen-bond acceptors (Lipinski definition) is 3. The van der Waals surface area contributed by atoms with E-state index in [0.717, 1.165) is 25.1 Å². The topological polar surface area (TPSA) is 34.2 Å². The summed E-state index contributed by atoms with van der Waals surface area (Å²) in [6.07, 6.45) is 9.54. The minimum Gasteiger partial charge on any atom is -0.497 e. The first kappa shape index (κ1) is 10.3. The summed E-state index contributed by atoms with van der Waals surface area (Å²) in [6.45, 7) is 0.760. The minimum atomic E-state index is 0.228. The average Bonchev–Trinajstić information content (AvgIpc) is 2.29. The van der Waals surface area contributed by atoms with Crippen molar-refractivity contribution in [2.24, 2.45) is 0 Å². The first-order chi connectivity index (χ1) is 7.36. The third-order valence-corrected chi connectivity index (χ3v) is 2.64. The summed E-state index contributed by atoms with van der Waals surface area (Å²) in [5.41, 5.74) is 0.859. The van der Waals surface area contributed by atoms with Crippen molar-refractivity contribution in [3.8, 4) is 0 Å². The summed E-state index contributed by atoms with van der Waals surface area (Å²) in [4.78, 5) is 4.01. The fourth-order valence-corrected chi connectivity index (χ4v) is 1.64. The maximum atomic E-state index is 5.98. The van der Waals surface area contributed by atoms with Gasteiger partial charge in [0.25, 0.3) is 0 Å². The molecule has 15 heavy (non-hydrogen) atoms. The lowest BCUT2D eigenvalue weighted by molar-refractivity contribution is 0.135. The molecule has 0 saturated heterocycles. The van der Waals surface area contributed by atoms with E-state index in [9.17, 15) is 0 Å². The van der Waals surface area contributed by atoms with Crippen molar-refractivity contribution in [1.82, 2.24) is 4.98 Å². The number of hydrogen-bond donors (Lipinski definition) is 1. The lowest BCUT2D eigenvalue weighted by atomic mass is 10.1. The molecule has 1 atom stereocenters. The summed E-state index contributed by atoms with van der Waals surface area (Å²) in [7, 11) is 0. The normalized spacial score (nSPS) is 19.7. The zero-order chi connectivity index (χ0) is 10.5. The van der Waals surface area contributed by atoms with E-state index in [1.165, 1.54) is 0 Å². The van der Waals surface area contributed by atoms with Gasteiger partial charge in [0.1, 0.15) is 6.10 Å². The van der Waals surface area contributed by atoms with Crippen LogP contribution < -0.4 is 5.32 Å². The van der Waals surface area contributed by atoms with Crippen molar-refractivity contribution >= 4 is 17.3 Å². The van der Waals surface area contributed by atoms with Crippen LogP contribution in [-0.4, -0.2) is 17.6 Å². The molecule has 0 saturated carbocycles. The van der Waals surface area contributed by atoms with Crippen LogP contribution in [0.5, 0.6) is 0 Å². The zero-order valence-corrected chi connectivity index (χ0v) is 9.07. The quantitative estimate of drug-likeness (QED) is 0.858. The number of nitrogens with zero attached hydrogens (tertiary/aromatic N) is 1. The number of aromatic nitrogens is 1. The average molecular weight is 225 g/mol. The fourth-order valence-electron chi connectivity index (χ4n) is 1.47. The van der Waals surface area contributed by atoms with Crippen molar-refractivity contribution in [1.29, 1.82) is 0 Å². The van der Waals surface area contributed by atoms with Gasteiger partial charge < -0.3 is 10.1 Å². The molecule has 0 bridgehead atoms. The third-order valence-electron chi connectivity index (χ3n) is 2.31. The second-order valence-corrected chi connectivity index (χ2v) is 3.85. The predicted octanol–water partition coefficient (Wildman–Crippen LogP) is 2.84. The Morgan fingerprint density at radius 1 is 1.60 bits per heavy atom. The van der Waals surface area contributed by atoms with Crippen LogP contribution in [0, 0.1) is 0 Å². The Morgan fingerprint density at radius 3 is 3.27 bits per heavy atom. The molecule has 0 aliphatic carbocycles. The third kappa shape index (κ3) is 2.86. The molecule has 1 aliphatic heterocycles. The molecular weight excluding hydrogens is 212 g/mol. The van der Waals surface area contributed by atoms with Gasteiger partial charge in [0.15, 0.2) is 0 Å². The molecule has 0 spiro atoms. The van der Waals surface area contributed by atoms with Gasteiger partial charge in [-0.2, -0.15) is 0 Å². The number of pyridine rings is 1. The molecule has 3 nitrogen and oxygen atoms in total. The summed E-state index contributed by atoms with van der Waals surface area (Å²) in [5.74, 6) is 0. The van der Waals surface area contributed by atoms with E-state index in [1.54, 1.807) is 24.7 Å². The van der Waals surface area contributed by atoms with Crippen molar-refractivity contribution in [2.45, 2.75) is 18.9 Å². The number of rotatable bonds is 3. The van der Waals surface area contributed by atoms with Crippen LogP contribution in [0.2, 0.25) is 5.02 Å². The molecule has 0 amide bonds. The molecule has 0 fully saturated rings. The van der Waals surface area contributed by atoms with Gasteiger partial charge in [0.2, 0.25) is 0 Å². The first-order valence-electron chi connectivity index (χ1n) is 5.00. The molecule has 4 heteroatoms. The molecule has 80 valence electrons. The smallest absolute Gasteiger partial charge is 0.115 e. The van der Waals surface area contributed by atoms with E-state index in [1.807, 2.05) is 6.08 Å². The molecule has 1 aromatic rings.